The lowest BCUT2D eigenvalue weighted by atomic mass is 9.95. The summed E-state index contributed by atoms with van der Waals surface area (Å²) in [6, 6.07) is 76.2. The summed E-state index contributed by atoms with van der Waals surface area (Å²) in [4.78, 5) is 16.1. The van der Waals surface area contributed by atoms with Crippen LogP contribution in [-0.2, 0) is 0 Å². The van der Waals surface area contributed by atoms with Crippen LogP contribution < -0.4 is 0 Å². The second kappa shape index (κ2) is 14.9. The molecule has 0 saturated heterocycles. The zero-order chi connectivity index (χ0) is 38.0. The van der Waals surface area contributed by atoms with Crippen molar-refractivity contribution in [3.8, 4) is 84.4 Å². The second-order valence-corrected chi connectivity index (χ2v) is 14.1. The van der Waals surface area contributed by atoms with Gasteiger partial charge in [0.15, 0.2) is 0 Å². The summed E-state index contributed by atoms with van der Waals surface area (Å²) in [6.07, 6.45) is 0. The summed E-state index contributed by atoms with van der Waals surface area (Å²) in [5, 5.41) is 0. The van der Waals surface area contributed by atoms with Gasteiger partial charge in [-0.05, 0) is 89.0 Å². The topological polar surface area (TPSA) is 43.6 Å². The lowest BCUT2D eigenvalue weighted by molar-refractivity contribution is 1.10. The molecule has 0 spiro atoms. The zero-order valence-electron chi connectivity index (χ0n) is 31.1. The third-order valence-corrected chi connectivity index (χ3v) is 10.4. The average Bonchev–Trinajstić information content (AvgIpc) is 3.70. The van der Waals surface area contributed by atoms with E-state index in [4.69, 9.17) is 15.0 Å². The molecule has 0 radical (unpaired) electrons. The number of fused-ring (bicyclic) bond motifs is 1. The first-order chi connectivity index (χ1) is 28.2. The number of hydrogen-bond acceptors (Lipinski definition) is 3. The predicted molar refractivity (Wildman–Crippen MR) is 235 cm³/mol. The van der Waals surface area contributed by atoms with Gasteiger partial charge in [0.2, 0.25) is 0 Å². The number of rotatable bonds is 8. The van der Waals surface area contributed by atoms with Crippen molar-refractivity contribution in [3.05, 3.63) is 218 Å². The van der Waals surface area contributed by atoms with Gasteiger partial charge in [0.1, 0.15) is 5.82 Å². The largest absolute Gasteiger partial charge is 0.292 e. The molecule has 0 aliphatic heterocycles. The van der Waals surface area contributed by atoms with Gasteiger partial charge < -0.3 is 0 Å². The molecule has 10 aromatic rings. The van der Waals surface area contributed by atoms with Gasteiger partial charge in [-0.25, -0.2) is 15.0 Å². The van der Waals surface area contributed by atoms with Gasteiger partial charge in [0.25, 0.3) is 0 Å². The van der Waals surface area contributed by atoms with Gasteiger partial charge in [0, 0.05) is 33.5 Å². The number of aromatic nitrogens is 4. The second-order valence-electron chi connectivity index (χ2n) is 14.1. The van der Waals surface area contributed by atoms with E-state index in [9.17, 15) is 0 Å². The number of hydrogen-bond donors (Lipinski definition) is 0. The summed E-state index contributed by atoms with van der Waals surface area (Å²) in [6.45, 7) is 0. The summed E-state index contributed by atoms with van der Waals surface area (Å²) < 4.78 is 2.25. The summed E-state index contributed by atoms with van der Waals surface area (Å²) in [5.74, 6) is 0.843. The molecule has 0 aliphatic rings. The molecule has 0 atom stereocenters. The quantitative estimate of drug-likeness (QED) is 0.156. The van der Waals surface area contributed by atoms with Gasteiger partial charge in [0.05, 0.1) is 33.8 Å². The van der Waals surface area contributed by atoms with Crippen molar-refractivity contribution >= 4 is 11.0 Å². The Morgan fingerprint density at radius 3 is 1.11 bits per heavy atom. The van der Waals surface area contributed by atoms with Crippen LogP contribution >= 0.6 is 0 Å². The molecule has 3 aromatic heterocycles. The maximum Gasteiger partial charge on any atom is 0.145 e. The minimum absolute atomic E-state index is 0.843. The molecular formula is C53H36N4. The van der Waals surface area contributed by atoms with E-state index in [-0.39, 0.29) is 0 Å². The fraction of sp³-hybridized carbons (Fsp3) is 0. The van der Waals surface area contributed by atoms with Gasteiger partial charge >= 0.3 is 0 Å². The van der Waals surface area contributed by atoms with Gasteiger partial charge in [-0.3, -0.25) is 4.57 Å². The van der Waals surface area contributed by atoms with E-state index >= 15 is 0 Å². The fourth-order valence-corrected chi connectivity index (χ4v) is 7.58. The highest BCUT2D eigenvalue weighted by Crippen LogP contribution is 2.38. The van der Waals surface area contributed by atoms with Gasteiger partial charge in [-0.15, -0.1) is 0 Å². The Morgan fingerprint density at radius 1 is 0.263 bits per heavy atom. The highest BCUT2D eigenvalue weighted by atomic mass is 15.1. The Hall–Kier alpha value is -7.69. The van der Waals surface area contributed by atoms with Gasteiger partial charge in [-0.1, -0.05) is 152 Å². The zero-order valence-corrected chi connectivity index (χ0v) is 31.1. The van der Waals surface area contributed by atoms with Crippen molar-refractivity contribution in [2.24, 2.45) is 0 Å². The molecule has 4 nitrogen and oxygen atoms in total. The number of pyridine rings is 2. The average molecular weight is 729 g/mol. The lowest BCUT2D eigenvalue weighted by Gasteiger charge is -2.15. The number of nitrogens with zero attached hydrogens (tertiary/aromatic N) is 4. The minimum Gasteiger partial charge on any atom is -0.292 e. The van der Waals surface area contributed by atoms with Crippen LogP contribution in [0.4, 0.5) is 0 Å². The van der Waals surface area contributed by atoms with Crippen LogP contribution in [0.5, 0.6) is 0 Å². The van der Waals surface area contributed by atoms with E-state index in [2.05, 4.69) is 199 Å². The molecule has 0 aliphatic carbocycles. The molecule has 268 valence electrons. The van der Waals surface area contributed by atoms with Crippen LogP contribution in [0.2, 0.25) is 0 Å². The van der Waals surface area contributed by atoms with Crippen LogP contribution in [0, 0.1) is 0 Å². The molecule has 0 bridgehead atoms. The molecule has 4 heteroatoms. The standard InChI is InChI=1S/C53H36N4/c1-6-18-37(19-7-1)41-33-48(39-22-10-3-11-23-39)54-50(35-41)43-30-44(51-36-42(38-20-8-2-9-21-38)34-49(55-51)40-24-12-4-13-25-40)32-45(31-43)53-56-47-28-16-17-29-52(47)57(53)46-26-14-5-15-27-46/h1-36H. The molecule has 0 fully saturated rings. The first kappa shape index (κ1) is 33.8. The highest BCUT2D eigenvalue weighted by molar-refractivity contribution is 5.88. The summed E-state index contributed by atoms with van der Waals surface area (Å²) >= 11 is 0. The minimum atomic E-state index is 0.843. The van der Waals surface area contributed by atoms with Crippen molar-refractivity contribution in [1.82, 2.24) is 19.5 Å². The number of benzene rings is 7. The molecule has 0 unspecified atom stereocenters. The van der Waals surface area contributed by atoms with E-state index in [0.29, 0.717) is 0 Å². The molecule has 0 N–H and O–H groups in total. The SMILES string of the molecule is c1ccc(-c2cc(-c3ccccc3)nc(-c3cc(-c4cc(-c5ccccc5)cc(-c5ccccc5)n4)cc(-c4nc5ccccc5n4-c4ccccc4)c3)c2)cc1. The number of imidazole rings is 1. The highest BCUT2D eigenvalue weighted by Gasteiger charge is 2.19. The molecule has 10 rings (SSSR count). The molecule has 0 saturated carbocycles. The Morgan fingerprint density at radius 2 is 0.632 bits per heavy atom. The van der Waals surface area contributed by atoms with Gasteiger partial charge in [-0.2, -0.15) is 0 Å². The Balaban J connectivity index is 1.26. The summed E-state index contributed by atoms with van der Waals surface area (Å²) in [7, 11) is 0. The van der Waals surface area contributed by atoms with Crippen LogP contribution in [0.15, 0.2) is 218 Å². The molecule has 0 amide bonds. The first-order valence-electron chi connectivity index (χ1n) is 19.2. The maximum atomic E-state index is 5.37. The lowest BCUT2D eigenvalue weighted by Crippen LogP contribution is -1.99. The van der Waals surface area contributed by atoms with E-state index in [1.165, 1.54) is 0 Å². The van der Waals surface area contributed by atoms with Crippen molar-refractivity contribution in [2.75, 3.05) is 0 Å². The van der Waals surface area contributed by atoms with Crippen LogP contribution in [0.3, 0.4) is 0 Å². The number of para-hydroxylation sites is 3. The Kier molecular flexibility index (Phi) is 8.82. The molecule has 7 aromatic carbocycles. The van der Waals surface area contributed by atoms with E-state index in [1.54, 1.807) is 0 Å². The third kappa shape index (κ3) is 6.81. The van der Waals surface area contributed by atoms with E-state index < -0.39 is 0 Å². The maximum absolute atomic E-state index is 5.37. The summed E-state index contributed by atoms with van der Waals surface area (Å²) in [5.41, 5.74) is 16.0. The van der Waals surface area contributed by atoms with Crippen LogP contribution in [-0.4, -0.2) is 19.5 Å². The van der Waals surface area contributed by atoms with Crippen molar-refractivity contribution in [2.45, 2.75) is 0 Å². The Bertz CT molecular complexity index is 2720. The first-order valence-corrected chi connectivity index (χ1v) is 19.2. The third-order valence-electron chi connectivity index (χ3n) is 10.4. The molecular weight excluding hydrogens is 693 g/mol. The molecule has 3 heterocycles. The predicted octanol–water partition coefficient (Wildman–Crippen LogP) is 13.5. The van der Waals surface area contributed by atoms with Crippen LogP contribution in [0.1, 0.15) is 0 Å². The van der Waals surface area contributed by atoms with E-state index in [0.717, 1.165) is 95.4 Å². The normalized spacial score (nSPS) is 11.2. The van der Waals surface area contributed by atoms with Crippen molar-refractivity contribution < 1.29 is 0 Å². The monoisotopic (exact) mass is 728 g/mol. The van der Waals surface area contributed by atoms with Crippen molar-refractivity contribution in [1.29, 1.82) is 0 Å². The molecule has 57 heavy (non-hydrogen) atoms. The smallest absolute Gasteiger partial charge is 0.145 e. The van der Waals surface area contributed by atoms with Crippen molar-refractivity contribution in [3.63, 3.8) is 0 Å². The van der Waals surface area contributed by atoms with E-state index in [1.807, 2.05) is 24.3 Å². The fourth-order valence-electron chi connectivity index (χ4n) is 7.58. The van der Waals surface area contributed by atoms with Crippen LogP contribution in [0.25, 0.3) is 95.4 Å². The Labute approximate surface area is 332 Å².